The Labute approximate surface area is 95.9 Å². The van der Waals surface area contributed by atoms with Crippen LogP contribution in [0.1, 0.15) is 18.4 Å². The van der Waals surface area contributed by atoms with Gasteiger partial charge >= 0.3 is 0 Å². The number of hydrogen-bond donors (Lipinski definition) is 2. The molecule has 5 heteroatoms. The highest BCUT2D eigenvalue weighted by Gasteiger charge is 2.25. The molecule has 2 rings (SSSR count). The second kappa shape index (κ2) is 4.53. The van der Waals surface area contributed by atoms with Crippen molar-refractivity contribution in [2.24, 2.45) is 11.7 Å². The van der Waals surface area contributed by atoms with Crippen molar-refractivity contribution in [3.8, 4) is 0 Å². The zero-order valence-electron chi connectivity index (χ0n) is 9.02. The largest absolute Gasteiger partial charge is 0.326 e. The number of nitrogens with two attached hydrogens (primary N) is 1. The van der Waals surface area contributed by atoms with Crippen LogP contribution in [0.3, 0.4) is 0 Å². The van der Waals surface area contributed by atoms with E-state index >= 15 is 0 Å². The first-order chi connectivity index (χ1) is 7.63. The van der Waals surface area contributed by atoms with Crippen molar-refractivity contribution in [1.82, 2.24) is 4.72 Å². The van der Waals surface area contributed by atoms with E-state index in [1.807, 2.05) is 0 Å². The van der Waals surface area contributed by atoms with E-state index in [9.17, 15) is 8.42 Å². The van der Waals surface area contributed by atoms with Crippen LogP contribution in [0.2, 0.25) is 0 Å². The lowest BCUT2D eigenvalue weighted by Gasteiger charge is -2.09. The van der Waals surface area contributed by atoms with Crippen molar-refractivity contribution >= 4 is 10.0 Å². The van der Waals surface area contributed by atoms with Gasteiger partial charge in [-0.1, -0.05) is 18.2 Å². The van der Waals surface area contributed by atoms with Gasteiger partial charge in [0.1, 0.15) is 0 Å². The molecule has 0 spiro atoms. The Kier molecular flexibility index (Phi) is 3.28. The summed E-state index contributed by atoms with van der Waals surface area (Å²) in [5, 5.41) is 0. The lowest BCUT2D eigenvalue weighted by atomic mass is 10.2. The van der Waals surface area contributed by atoms with Gasteiger partial charge in [-0.25, -0.2) is 13.1 Å². The van der Waals surface area contributed by atoms with Crippen molar-refractivity contribution in [3.05, 3.63) is 29.8 Å². The zero-order valence-corrected chi connectivity index (χ0v) is 9.83. The second-order valence-corrected chi connectivity index (χ2v) is 5.84. The summed E-state index contributed by atoms with van der Waals surface area (Å²) in [7, 11) is -3.39. The molecule has 1 aromatic rings. The predicted molar refractivity (Wildman–Crippen MR) is 62.2 cm³/mol. The van der Waals surface area contributed by atoms with Gasteiger partial charge in [0.05, 0.1) is 4.90 Å². The van der Waals surface area contributed by atoms with Crippen LogP contribution in [0.25, 0.3) is 0 Å². The number of sulfonamides is 1. The maximum absolute atomic E-state index is 12.0. The maximum atomic E-state index is 12.0. The molecule has 0 radical (unpaired) electrons. The molecule has 16 heavy (non-hydrogen) atoms. The molecular weight excluding hydrogens is 224 g/mol. The van der Waals surface area contributed by atoms with E-state index in [-0.39, 0.29) is 6.54 Å². The zero-order chi connectivity index (χ0) is 11.6. The van der Waals surface area contributed by atoms with Crippen LogP contribution in [0, 0.1) is 5.92 Å². The van der Waals surface area contributed by atoms with Gasteiger partial charge in [-0.2, -0.15) is 0 Å². The van der Waals surface area contributed by atoms with E-state index in [1.54, 1.807) is 24.3 Å². The molecule has 0 atom stereocenters. The second-order valence-electron chi connectivity index (χ2n) is 4.11. The third kappa shape index (κ3) is 2.61. The molecule has 0 unspecified atom stereocenters. The van der Waals surface area contributed by atoms with Crippen LogP contribution in [-0.4, -0.2) is 15.0 Å². The summed E-state index contributed by atoms with van der Waals surface area (Å²) >= 11 is 0. The van der Waals surface area contributed by atoms with Gasteiger partial charge < -0.3 is 5.73 Å². The Balaban J connectivity index is 2.19. The van der Waals surface area contributed by atoms with Gasteiger partial charge in [0.25, 0.3) is 0 Å². The minimum Gasteiger partial charge on any atom is -0.326 e. The molecule has 1 fully saturated rings. The Morgan fingerprint density at radius 3 is 2.62 bits per heavy atom. The smallest absolute Gasteiger partial charge is 0.240 e. The molecule has 0 bridgehead atoms. The Bertz CT molecular complexity index is 467. The van der Waals surface area contributed by atoms with Crippen molar-refractivity contribution in [2.75, 3.05) is 6.54 Å². The number of benzene rings is 1. The van der Waals surface area contributed by atoms with E-state index in [4.69, 9.17) is 5.73 Å². The Morgan fingerprint density at radius 2 is 2.00 bits per heavy atom. The molecule has 0 saturated heterocycles. The van der Waals surface area contributed by atoms with Crippen molar-refractivity contribution in [3.63, 3.8) is 0 Å². The molecule has 0 heterocycles. The summed E-state index contributed by atoms with van der Waals surface area (Å²) in [5.41, 5.74) is 6.18. The van der Waals surface area contributed by atoms with E-state index in [1.165, 1.54) is 0 Å². The van der Waals surface area contributed by atoms with Crippen LogP contribution in [0.4, 0.5) is 0 Å². The van der Waals surface area contributed by atoms with E-state index in [2.05, 4.69) is 4.72 Å². The lowest BCUT2D eigenvalue weighted by molar-refractivity contribution is 0.576. The summed E-state index contributed by atoms with van der Waals surface area (Å²) in [6.07, 6.45) is 2.25. The van der Waals surface area contributed by atoms with Gasteiger partial charge in [-0.05, 0) is 30.4 Å². The average molecular weight is 240 g/mol. The minimum atomic E-state index is -3.39. The van der Waals surface area contributed by atoms with Crippen LogP contribution in [0.5, 0.6) is 0 Å². The SMILES string of the molecule is NCc1ccccc1S(=O)(=O)NCC1CC1. The highest BCUT2D eigenvalue weighted by atomic mass is 32.2. The first-order valence-corrected chi connectivity index (χ1v) is 6.89. The fourth-order valence-electron chi connectivity index (χ4n) is 1.56. The summed E-state index contributed by atoms with van der Waals surface area (Å²) < 4.78 is 26.6. The molecule has 0 aromatic heterocycles. The van der Waals surface area contributed by atoms with Gasteiger partial charge in [0, 0.05) is 13.1 Å². The van der Waals surface area contributed by atoms with E-state index in [0.29, 0.717) is 22.9 Å². The van der Waals surface area contributed by atoms with Crippen molar-refractivity contribution < 1.29 is 8.42 Å². The third-order valence-electron chi connectivity index (χ3n) is 2.74. The van der Waals surface area contributed by atoms with E-state index < -0.39 is 10.0 Å². The molecule has 0 amide bonds. The van der Waals surface area contributed by atoms with Crippen molar-refractivity contribution in [1.29, 1.82) is 0 Å². The third-order valence-corrected chi connectivity index (χ3v) is 4.26. The summed E-state index contributed by atoms with van der Waals surface area (Å²) in [5.74, 6) is 0.528. The highest BCUT2D eigenvalue weighted by Crippen LogP contribution is 2.28. The fraction of sp³-hybridized carbons (Fsp3) is 0.455. The first kappa shape index (κ1) is 11.6. The van der Waals surface area contributed by atoms with E-state index in [0.717, 1.165) is 12.8 Å². The molecule has 1 aromatic carbocycles. The van der Waals surface area contributed by atoms with Crippen LogP contribution < -0.4 is 10.5 Å². The lowest BCUT2D eigenvalue weighted by Crippen LogP contribution is -2.27. The average Bonchev–Trinajstić information content (AvgIpc) is 3.10. The summed E-state index contributed by atoms with van der Waals surface area (Å²) in [6.45, 7) is 0.780. The van der Waals surface area contributed by atoms with Crippen LogP contribution >= 0.6 is 0 Å². The van der Waals surface area contributed by atoms with Crippen LogP contribution in [-0.2, 0) is 16.6 Å². The number of nitrogens with one attached hydrogen (secondary N) is 1. The van der Waals surface area contributed by atoms with Crippen molar-refractivity contribution in [2.45, 2.75) is 24.3 Å². The molecule has 88 valence electrons. The van der Waals surface area contributed by atoms with Gasteiger partial charge in [0.2, 0.25) is 10.0 Å². The Hall–Kier alpha value is -0.910. The molecule has 1 saturated carbocycles. The molecule has 1 aliphatic rings. The maximum Gasteiger partial charge on any atom is 0.240 e. The quantitative estimate of drug-likeness (QED) is 0.801. The fourth-order valence-corrected chi connectivity index (χ4v) is 2.93. The topological polar surface area (TPSA) is 72.2 Å². The summed E-state index contributed by atoms with van der Waals surface area (Å²) in [6, 6.07) is 6.84. The molecule has 0 aliphatic heterocycles. The first-order valence-electron chi connectivity index (χ1n) is 5.41. The molecule has 3 N–H and O–H groups in total. The van der Waals surface area contributed by atoms with Gasteiger partial charge in [0.15, 0.2) is 0 Å². The van der Waals surface area contributed by atoms with Crippen LogP contribution in [0.15, 0.2) is 29.2 Å². The predicted octanol–water partition coefficient (Wildman–Crippen LogP) is 0.834. The highest BCUT2D eigenvalue weighted by molar-refractivity contribution is 7.89. The van der Waals surface area contributed by atoms with Gasteiger partial charge in [-0.15, -0.1) is 0 Å². The molecular formula is C11H16N2O2S. The number of rotatable bonds is 5. The number of hydrogen-bond acceptors (Lipinski definition) is 3. The molecule has 1 aliphatic carbocycles. The normalized spacial score (nSPS) is 16.3. The standard InChI is InChI=1S/C11H16N2O2S/c12-7-10-3-1-2-4-11(10)16(14,15)13-8-9-5-6-9/h1-4,9,13H,5-8,12H2. The monoisotopic (exact) mass is 240 g/mol. The molecule has 4 nitrogen and oxygen atoms in total. The summed E-state index contributed by atoms with van der Waals surface area (Å²) in [4.78, 5) is 0.304. The minimum absolute atomic E-state index is 0.237. The van der Waals surface area contributed by atoms with Gasteiger partial charge in [-0.3, -0.25) is 0 Å². The Morgan fingerprint density at radius 1 is 1.31 bits per heavy atom.